The molecule has 72 heavy (non-hydrogen) atoms. The van der Waals surface area contributed by atoms with Crippen LogP contribution in [0.1, 0.15) is 90.6 Å². The zero-order valence-electron chi connectivity index (χ0n) is 43.0. The van der Waals surface area contributed by atoms with Gasteiger partial charge in [-0.05, 0) is 147 Å². The van der Waals surface area contributed by atoms with Gasteiger partial charge in [0.25, 0.3) is 0 Å². The molecule has 0 amide bonds. The van der Waals surface area contributed by atoms with E-state index in [1.807, 2.05) is 0 Å². The summed E-state index contributed by atoms with van der Waals surface area (Å²) >= 11 is 2.10. The molecule has 2 nitrogen and oxygen atoms in total. The van der Waals surface area contributed by atoms with Crippen LogP contribution in [0.2, 0.25) is 0 Å². The first-order chi connectivity index (χ1) is 34.6. The van der Waals surface area contributed by atoms with Crippen LogP contribution >= 0.6 is 11.8 Å². The molecule has 0 bridgehead atoms. The van der Waals surface area contributed by atoms with Gasteiger partial charge in [-0.25, -0.2) is 0 Å². The van der Waals surface area contributed by atoms with Crippen molar-refractivity contribution < 1.29 is 0 Å². The van der Waals surface area contributed by atoms with E-state index in [4.69, 9.17) is 0 Å². The fraction of sp³-hybridized carbons (Fsp3) is 0.206. The highest BCUT2D eigenvalue weighted by Gasteiger charge is 2.54. The minimum absolute atomic E-state index is 0.00780. The van der Waals surface area contributed by atoms with Crippen molar-refractivity contribution in [2.24, 2.45) is 0 Å². The Morgan fingerprint density at radius 1 is 0.403 bits per heavy atom. The fourth-order valence-electron chi connectivity index (χ4n) is 12.3. The molecular formula is C68H61BN2S. The quantitative estimate of drug-likeness (QED) is 0.128. The van der Waals surface area contributed by atoms with Gasteiger partial charge in [-0.15, -0.1) is 11.8 Å². The third-order valence-corrected chi connectivity index (χ3v) is 17.6. The molecular weight excluding hydrogens is 888 g/mol. The minimum Gasteiger partial charge on any atom is -0.334 e. The summed E-state index contributed by atoms with van der Waals surface area (Å²) in [4.78, 5) is 6.74. The van der Waals surface area contributed by atoms with Crippen LogP contribution in [-0.2, 0) is 16.2 Å². The average Bonchev–Trinajstić information content (AvgIpc) is 3.76. The van der Waals surface area contributed by atoms with E-state index in [-0.39, 0.29) is 34.1 Å². The highest BCUT2D eigenvalue weighted by molar-refractivity contribution is 8.02. The van der Waals surface area contributed by atoms with Gasteiger partial charge in [-0.3, -0.25) is 0 Å². The second kappa shape index (κ2) is 16.3. The Morgan fingerprint density at radius 3 is 1.64 bits per heavy atom. The van der Waals surface area contributed by atoms with Crippen molar-refractivity contribution in [2.45, 2.75) is 94.6 Å². The second-order valence-electron chi connectivity index (χ2n) is 23.7. The summed E-state index contributed by atoms with van der Waals surface area (Å²) in [7, 11) is 0. The zero-order chi connectivity index (χ0) is 49.4. The van der Waals surface area contributed by atoms with Gasteiger partial charge in [-0.2, -0.15) is 0 Å². The number of rotatable bonds is 4. The van der Waals surface area contributed by atoms with Gasteiger partial charge in [0.1, 0.15) is 0 Å². The number of hydrogen-bond donors (Lipinski definition) is 0. The molecule has 352 valence electrons. The molecule has 0 spiro atoms. The molecule has 3 aliphatic heterocycles. The molecule has 0 saturated carbocycles. The van der Waals surface area contributed by atoms with Crippen molar-refractivity contribution in [3.8, 4) is 22.3 Å². The van der Waals surface area contributed by atoms with Crippen LogP contribution in [0.4, 0.5) is 28.4 Å². The number of nitrogens with zero attached hydrogens (tertiary/aromatic N) is 2. The minimum atomic E-state index is -0.0253. The molecule has 0 fully saturated rings. The van der Waals surface area contributed by atoms with E-state index >= 15 is 0 Å². The maximum Gasteiger partial charge on any atom is 0.233 e. The normalized spacial score (nSPS) is 16.3. The topological polar surface area (TPSA) is 6.48 Å². The molecule has 4 heteroatoms. The van der Waals surface area contributed by atoms with Crippen LogP contribution in [0.25, 0.3) is 54.6 Å². The van der Waals surface area contributed by atoms with Crippen molar-refractivity contribution in [1.29, 1.82) is 0 Å². The maximum absolute atomic E-state index is 2.74. The van der Waals surface area contributed by atoms with Crippen LogP contribution in [0.5, 0.6) is 0 Å². The summed E-state index contributed by atoms with van der Waals surface area (Å²) in [6.07, 6.45) is 0. The van der Waals surface area contributed by atoms with Gasteiger partial charge >= 0.3 is 0 Å². The van der Waals surface area contributed by atoms with Gasteiger partial charge < -0.3 is 9.80 Å². The van der Waals surface area contributed by atoms with E-state index in [0.717, 1.165) is 0 Å². The summed E-state index contributed by atoms with van der Waals surface area (Å²) in [5.41, 5.74) is 19.5. The van der Waals surface area contributed by atoms with E-state index in [9.17, 15) is 0 Å². The van der Waals surface area contributed by atoms with Crippen LogP contribution in [-0.4, -0.2) is 11.9 Å². The van der Waals surface area contributed by atoms with Gasteiger partial charge in [0.2, 0.25) is 6.71 Å². The lowest BCUT2D eigenvalue weighted by molar-refractivity contribution is 0.587. The third-order valence-electron chi connectivity index (χ3n) is 16.1. The maximum atomic E-state index is 2.74. The summed E-state index contributed by atoms with van der Waals surface area (Å²) < 4.78 is 0. The first-order valence-electron chi connectivity index (χ1n) is 25.9. The van der Waals surface area contributed by atoms with Gasteiger partial charge in [0.15, 0.2) is 0 Å². The average molecular weight is 949 g/mol. The highest BCUT2D eigenvalue weighted by Crippen LogP contribution is 2.57. The standard InChI is InChI=1S/C68H61BN2S/c1-66(2,3)45-31-28-42(29-32-45)49-20-14-15-25-58(49)71-59-36-33-47(68(7,8)9)41-57(59)69-63-60(26-17-27-61(63)71)70(64-56-40-46(67(4,5)6)34-37-62(56)72-65(64)69)48-19-16-18-43(38-48)44-30-35-54-52-23-11-10-21-50(52)51-22-12-13-24-53(51)55(54)39-44/h10-41,64-65H,1-9H3. The van der Waals surface area contributed by atoms with E-state index in [2.05, 4.69) is 278 Å². The van der Waals surface area contributed by atoms with Crippen LogP contribution in [0.15, 0.2) is 199 Å². The summed E-state index contributed by atoms with van der Waals surface area (Å²) in [6, 6.07) is 74.7. The zero-order valence-corrected chi connectivity index (χ0v) is 43.8. The van der Waals surface area contributed by atoms with Crippen LogP contribution in [0.3, 0.4) is 0 Å². The van der Waals surface area contributed by atoms with E-state index in [1.54, 1.807) is 0 Å². The van der Waals surface area contributed by atoms with Crippen LogP contribution in [0, 0.1) is 0 Å². The molecule has 0 radical (unpaired) electrons. The Balaban J connectivity index is 1.04. The molecule has 2 atom stereocenters. The SMILES string of the molecule is CC(C)(C)c1ccc(-c2ccccc2N2c3ccc(C(C)(C)C)cc3B3c4c2cccc4N(c2cccc(-c4ccc5c6ccccc6c6ccccc6c5c4)c2)C2c4cc(C(C)(C)C)ccc4SC32)cc1. The third kappa shape index (κ3) is 7.07. The van der Waals surface area contributed by atoms with Gasteiger partial charge in [0, 0.05) is 38.4 Å². The lowest BCUT2D eigenvalue weighted by atomic mass is 9.33. The molecule has 0 saturated heterocycles. The van der Waals surface area contributed by atoms with Crippen molar-refractivity contribution in [1.82, 2.24) is 0 Å². The summed E-state index contributed by atoms with van der Waals surface area (Å²) in [5, 5.41) is 7.99. The monoisotopic (exact) mass is 948 g/mol. The van der Waals surface area contributed by atoms with Gasteiger partial charge in [0.05, 0.1) is 11.7 Å². The van der Waals surface area contributed by atoms with Crippen molar-refractivity contribution in [3.05, 3.63) is 216 Å². The molecule has 0 aromatic heterocycles. The lowest BCUT2D eigenvalue weighted by Crippen LogP contribution is -2.62. The van der Waals surface area contributed by atoms with E-state index in [0.29, 0.717) is 0 Å². The van der Waals surface area contributed by atoms with Crippen molar-refractivity contribution in [3.63, 3.8) is 0 Å². The Hall–Kier alpha value is -7.01. The molecule has 10 aromatic rings. The van der Waals surface area contributed by atoms with Gasteiger partial charge in [-0.1, -0.05) is 208 Å². The molecule has 3 aliphatic rings. The molecule has 2 unspecified atom stereocenters. The molecule has 0 aliphatic carbocycles. The predicted molar refractivity (Wildman–Crippen MR) is 313 cm³/mol. The summed E-state index contributed by atoms with van der Waals surface area (Å²) in [5.74, 6) is 0. The van der Waals surface area contributed by atoms with E-state index < -0.39 is 0 Å². The molecule has 0 N–H and O–H groups in total. The number of thioether (sulfide) groups is 1. The number of benzene rings is 10. The largest absolute Gasteiger partial charge is 0.334 e. The Kier molecular flexibility index (Phi) is 10.1. The Labute approximate surface area is 430 Å². The molecule has 13 rings (SSSR count). The van der Waals surface area contributed by atoms with Crippen molar-refractivity contribution in [2.75, 3.05) is 9.80 Å². The first-order valence-corrected chi connectivity index (χ1v) is 26.8. The number of hydrogen-bond acceptors (Lipinski definition) is 3. The Bertz CT molecular complexity index is 3790. The smallest absolute Gasteiger partial charge is 0.233 e. The number of fused-ring (bicyclic) bond motifs is 12. The number of anilines is 5. The predicted octanol–water partition coefficient (Wildman–Crippen LogP) is 17.7. The summed E-state index contributed by atoms with van der Waals surface area (Å²) in [6.45, 7) is 21.2. The molecule has 3 heterocycles. The fourth-order valence-corrected chi connectivity index (χ4v) is 13.9. The Morgan fingerprint density at radius 2 is 0.944 bits per heavy atom. The van der Waals surface area contributed by atoms with E-state index in [1.165, 1.54) is 121 Å². The second-order valence-corrected chi connectivity index (χ2v) is 24.9. The highest BCUT2D eigenvalue weighted by atomic mass is 32.2. The first kappa shape index (κ1) is 44.9. The number of para-hydroxylation sites is 1. The van der Waals surface area contributed by atoms with Crippen LogP contribution < -0.4 is 20.7 Å². The molecule has 10 aromatic carbocycles. The lowest BCUT2D eigenvalue weighted by Gasteiger charge is -2.49. The van der Waals surface area contributed by atoms with Crippen molar-refractivity contribution >= 4 is 90.2 Å².